The summed E-state index contributed by atoms with van der Waals surface area (Å²) in [6.45, 7) is 3.75. The number of carbonyl (C=O) groups excluding carboxylic acids is 1. The van der Waals surface area contributed by atoms with Crippen molar-refractivity contribution in [2.24, 2.45) is 0 Å². The van der Waals surface area contributed by atoms with Crippen LogP contribution in [0.15, 0.2) is 9.85 Å². The molecule has 2 aromatic rings. The fraction of sp³-hybridized carbons (Fsp3) is 0.333. The van der Waals surface area contributed by atoms with Crippen molar-refractivity contribution in [2.45, 2.75) is 19.9 Å². The van der Waals surface area contributed by atoms with Gasteiger partial charge in [-0.1, -0.05) is 5.21 Å². The minimum atomic E-state index is -0.276. The van der Waals surface area contributed by atoms with E-state index >= 15 is 0 Å². The molecule has 17 heavy (non-hydrogen) atoms. The molecule has 2 aromatic heterocycles. The second-order valence-electron chi connectivity index (χ2n) is 3.53. The van der Waals surface area contributed by atoms with Crippen molar-refractivity contribution in [3.63, 3.8) is 0 Å². The topological polar surface area (TPSA) is 83.6 Å². The first-order chi connectivity index (χ1) is 8.08. The summed E-state index contributed by atoms with van der Waals surface area (Å²) in [5.74, 6) is 0.326. The van der Waals surface area contributed by atoms with Gasteiger partial charge in [0, 0.05) is 0 Å². The van der Waals surface area contributed by atoms with Gasteiger partial charge < -0.3 is 5.32 Å². The molecule has 6 nitrogen and oxygen atoms in total. The molecule has 0 bridgehead atoms. The van der Waals surface area contributed by atoms with Crippen molar-refractivity contribution in [2.75, 3.05) is 0 Å². The predicted octanol–water partition coefficient (Wildman–Crippen LogP) is 1.82. The lowest BCUT2D eigenvalue weighted by Gasteiger charge is -2.08. The second kappa shape index (κ2) is 4.92. The minimum absolute atomic E-state index is 0.138. The summed E-state index contributed by atoms with van der Waals surface area (Å²) in [7, 11) is 0. The highest BCUT2D eigenvalue weighted by Gasteiger charge is 2.16. The van der Waals surface area contributed by atoms with Crippen molar-refractivity contribution in [1.82, 2.24) is 25.9 Å². The van der Waals surface area contributed by atoms with Crippen LogP contribution in [0.4, 0.5) is 0 Å². The normalized spacial score (nSPS) is 12.4. The Morgan fingerprint density at radius 3 is 2.94 bits per heavy atom. The number of hydrogen-bond donors (Lipinski definition) is 2. The van der Waals surface area contributed by atoms with Gasteiger partial charge in [-0.3, -0.25) is 4.79 Å². The Balaban J connectivity index is 2.07. The number of nitrogens with one attached hydrogen (secondary N) is 2. The van der Waals surface area contributed by atoms with E-state index in [4.69, 9.17) is 0 Å². The summed E-state index contributed by atoms with van der Waals surface area (Å²) in [5, 5.41) is 16.2. The van der Waals surface area contributed by atoms with Gasteiger partial charge >= 0.3 is 0 Å². The van der Waals surface area contributed by atoms with E-state index in [0.29, 0.717) is 10.7 Å². The minimum Gasteiger partial charge on any atom is -0.341 e. The molecule has 0 saturated carbocycles. The van der Waals surface area contributed by atoms with Crippen LogP contribution in [0.5, 0.6) is 0 Å². The molecule has 0 fully saturated rings. The lowest BCUT2D eigenvalue weighted by molar-refractivity contribution is 0.0942. The smallest absolute Gasteiger partial charge is 0.261 e. The average molecular weight is 316 g/mol. The van der Waals surface area contributed by atoms with Gasteiger partial charge in [0.25, 0.3) is 5.91 Å². The van der Waals surface area contributed by atoms with E-state index in [0.717, 1.165) is 9.35 Å². The molecule has 8 heteroatoms. The zero-order valence-electron chi connectivity index (χ0n) is 9.19. The molecule has 2 heterocycles. The van der Waals surface area contributed by atoms with Gasteiger partial charge in [0.1, 0.15) is 0 Å². The van der Waals surface area contributed by atoms with Crippen LogP contribution in [0.1, 0.15) is 34.0 Å². The van der Waals surface area contributed by atoms with Gasteiger partial charge in [-0.2, -0.15) is 5.21 Å². The highest BCUT2D eigenvalue weighted by Crippen LogP contribution is 2.27. The lowest BCUT2D eigenvalue weighted by Crippen LogP contribution is -2.26. The van der Waals surface area contributed by atoms with E-state index in [1.165, 1.54) is 11.3 Å². The van der Waals surface area contributed by atoms with E-state index in [1.807, 2.05) is 13.0 Å². The number of aromatic amines is 1. The predicted molar refractivity (Wildman–Crippen MR) is 66.8 cm³/mol. The van der Waals surface area contributed by atoms with Crippen molar-refractivity contribution in [1.29, 1.82) is 0 Å². The van der Waals surface area contributed by atoms with Crippen LogP contribution in [0.2, 0.25) is 0 Å². The molecule has 90 valence electrons. The number of nitrogens with zero attached hydrogens (tertiary/aromatic N) is 3. The number of halogens is 1. The second-order valence-corrected chi connectivity index (χ2v) is 5.90. The van der Waals surface area contributed by atoms with E-state index in [2.05, 4.69) is 41.9 Å². The highest BCUT2D eigenvalue weighted by atomic mass is 79.9. The number of amides is 1. The Kier molecular flexibility index (Phi) is 3.53. The number of tetrazole rings is 1. The number of aromatic nitrogens is 4. The quantitative estimate of drug-likeness (QED) is 0.905. The number of rotatable bonds is 3. The number of H-pyrrole nitrogens is 1. The molecule has 1 amide bonds. The molecule has 0 spiro atoms. The Morgan fingerprint density at radius 2 is 2.41 bits per heavy atom. The molecule has 2 N–H and O–H groups in total. The molecule has 0 aliphatic rings. The largest absolute Gasteiger partial charge is 0.341 e. The van der Waals surface area contributed by atoms with E-state index in [1.54, 1.807) is 6.92 Å². The van der Waals surface area contributed by atoms with Gasteiger partial charge in [0.05, 0.1) is 14.7 Å². The van der Waals surface area contributed by atoms with Crippen molar-refractivity contribution >= 4 is 33.2 Å². The molecular weight excluding hydrogens is 306 g/mol. The first kappa shape index (κ1) is 12.2. The standard InChI is InChI=1S/C9H10BrN5OS/c1-4-3-6(17-7(4)10)9(16)11-5(2)8-12-14-15-13-8/h3,5H,1-2H3,(H,11,16)(H,12,13,14,15). The highest BCUT2D eigenvalue weighted by molar-refractivity contribution is 9.11. The Bertz CT molecular complexity index is 504. The SMILES string of the molecule is Cc1cc(C(=O)NC(C)c2nn[nH]n2)sc1Br. The third-order valence-electron chi connectivity index (χ3n) is 2.18. The van der Waals surface area contributed by atoms with E-state index in [9.17, 15) is 4.79 Å². The number of thiophene rings is 1. The molecular formula is C9H10BrN5OS. The van der Waals surface area contributed by atoms with Crippen LogP contribution in [0.25, 0.3) is 0 Å². The molecule has 0 aliphatic carbocycles. The fourth-order valence-corrected chi connectivity index (χ4v) is 2.70. The van der Waals surface area contributed by atoms with Crippen LogP contribution in [-0.2, 0) is 0 Å². The molecule has 2 rings (SSSR count). The third kappa shape index (κ3) is 2.70. The molecule has 0 aliphatic heterocycles. The molecule has 0 radical (unpaired) electrons. The van der Waals surface area contributed by atoms with Crippen molar-refractivity contribution in [3.8, 4) is 0 Å². The average Bonchev–Trinajstić information content (AvgIpc) is 2.89. The maximum Gasteiger partial charge on any atom is 0.261 e. The monoisotopic (exact) mass is 315 g/mol. The Labute approximate surface area is 110 Å². The maximum absolute atomic E-state index is 11.9. The number of hydrogen-bond acceptors (Lipinski definition) is 5. The lowest BCUT2D eigenvalue weighted by atomic mass is 10.3. The van der Waals surface area contributed by atoms with Gasteiger partial charge in [0.2, 0.25) is 0 Å². The summed E-state index contributed by atoms with van der Waals surface area (Å²) >= 11 is 4.79. The fourth-order valence-electron chi connectivity index (χ4n) is 1.26. The molecule has 0 aromatic carbocycles. The summed E-state index contributed by atoms with van der Waals surface area (Å²) < 4.78 is 0.967. The third-order valence-corrected chi connectivity index (χ3v) is 4.31. The van der Waals surface area contributed by atoms with E-state index < -0.39 is 0 Å². The van der Waals surface area contributed by atoms with Crippen LogP contribution in [0.3, 0.4) is 0 Å². The number of aryl methyl sites for hydroxylation is 1. The maximum atomic E-state index is 11.9. The van der Waals surface area contributed by atoms with Crippen LogP contribution < -0.4 is 5.32 Å². The summed E-state index contributed by atoms with van der Waals surface area (Å²) in [5.41, 5.74) is 1.05. The number of carbonyl (C=O) groups is 1. The Morgan fingerprint density at radius 1 is 1.65 bits per heavy atom. The summed E-state index contributed by atoms with van der Waals surface area (Å²) in [6, 6.07) is 1.56. The zero-order chi connectivity index (χ0) is 12.4. The Hall–Kier alpha value is -1.28. The molecule has 1 atom stereocenters. The van der Waals surface area contributed by atoms with Gasteiger partial charge in [-0.25, -0.2) is 0 Å². The van der Waals surface area contributed by atoms with Gasteiger partial charge in [0.15, 0.2) is 5.82 Å². The first-order valence-electron chi connectivity index (χ1n) is 4.88. The molecule has 0 saturated heterocycles. The molecule has 1 unspecified atom stereocenters. The summed E-state index contributed by atoms with van der Waals surface area (Å²) in [4.78, 5) is 12.6. The first-order valence-corrected chi connectivity index (χ1v) is 6.49. The van der Waals surface area contributed by atoms with Gasteiger partial charge in [-0.15, -0.1) is 21.5 Å². The summed E-state index contributed by atoms with van der Waals surface area (Å²) in [6.07, 6.45) is 0. The van der Waals surface area contributed by atoms with Crippen LogP contribution >= 0.6 is 27.3 Å². The van der Waals surface area contributed by atoms with Crippen LogP contribution in [0, 0.1) is 6.92 Å². The van der Waals surface area contributed by atoms with E-state index in [-0.39, 0.29) is 11.9 Å². The van der Waals surface area contributed by atoms with Crippen molar-refractivity contribution < 1.29 is 4.79 Å². The van der Waals surface area contributed by atoms with Gasteiger partial charge in [-0.05, 0) is 41.4 Å². The van der Waals surface area contributed by atoms with Crippen LogP contribution in [-0.4, -0.2) is 26.5 Å². The van der Waals surface area contributed by atoms with Crippen molar-refractivity contribution in [3.05, 3.63) is 26.1 Å². The zero-order valence-corrected chi connectivity index (χ0v) is 11.6.